The number of aryl methyl sites for hydroxylation is 1. The molecule has 0 spiro atoms. The molecule has 0 fully saturated rings. The van der Waals surface area contributed by atoms with Gasteiger partial charge in [-0.2, -0.15) is 0 Å². The third-order valence-electron chi connectivity index (χ3n) is 2.48. The standard InChI is InChI=1S/C15H13ClO2S/c1-11-7-13(4-5-15(11)16)18-9-14-8-12(10-19-14)3-2-6-17/h4-5,7-8,10,17H,6,9H2,1H3. The fourth-order valence-electron chi connectivity index (χ4n) is 1.52. The van der Waals surface area contributed by atoms with E-state index in [1.807, 2.05) is 36.6 Å². The lowest BCUT2D eigenvalue weighted by molar-refractivity contribution is 0.309. The molecule has 1 heterocycles. The molecule has 2 nitrogen and oxygen atoms in total. The number of benzene rings is 1. The summed E-state index contributed by atoms with van der Waals surface area (Å²) in [6.45, 7) is 2.33. The zero-order chi connectivity index (χ0) is 13.7. The second kappa shape index (κ2) is 6.63. The Hall–Kier alpha value is -1.47. The van der Waals surface area contributed by atoms with E-state index < -0.39 is 0 Å². The van der Waals surface area contributed by atoms with E-state index in [2.05, 4.69) is 11.8 Å². The summed E-state index contributed by atoms with van der Waals surface area (Å²) in [5.74, 6) is 6.29. The van der Waals surface area contributed by atoms with E-state index in [0.717, 1.165) is 26.8 Å². The summed E-state index contributed by atoms with van der Waals surface area (Å²) in [5, 5.41) is 11.3. The van der Waals surface area contributed by atoms with Crippen LogP contribution in [0.15, 0.2) is 29.6 Å². The molecule has 2 rings (SSSR count). The maximum atomic E-state index is 8.63. The van der Waals surface area contributed by atoms with Crippen LogP contribution in [0.25, 0.3) is 0 Å². The van der Waals surface area contributed by atoms with Crippen molar-refractivity contribution in [2.75, 3.05) is 6.61 Å². The lowest BCUT2D eigenvalue weighted by Crippen LogP contribution is -1.93. The van der Waals surface area contributed by atoms with Crippen molar-refractivity contribution in [3.05, 3.63) is 50.7 Å². The Morgan fingerprint density at radius 2 is 2.21 bits per heavy atom. The van der Waals surface area contributed by atoms with Gasteiger partial charge in [-0.05, 0) is 36.8 Å². The van der Waals surface area contributed by atoms with E-state index in [0.29, 0.717) is 6.61 Å². The van der Waals surface area contributed by atoms with Crippen LogP contribution in [0.2, 0.25) is 5.02 Å². The van der Waals surface area contributed by atoms with Gasteiger partial charge < -0.3 is 9.84 Å². The fourth-order valence-corrected chi connectivity index (χ4v) is 2.37. The normalized spacial score (nSPS) is 9.84. The van der Waals surface area contributed by atoms with Crippen molar-refractivity contribution in [1.29, 1.82) is 0 Å². The van der Waals surface area contributed by atoms with Gasteiger partial charge in [0, 0.05) is 20.8 Å². The topological polar surface area (TPSA) is 29.5 Å². The van der Waals surface area contributed by atoms with Gasteiger partial charge in [0.15, 0.2) is 0 Å². The molecule has 0 aliphatic carbocycles. The smallest absolute Gasteiger partial charge is 0.122 e. The zero-order valence-electron chi connectivity index (χ0n) is 10.4. The SMILES string of the molecule is Cc1cc(OCc2cc(C#CCO)cs2)ccc1Cl. The lowest BCUT2D eigenvalue weighted by Gasteiger charge is -2.06. The maximum absolute atomic E-state index is 8.63. The molecule has 1 aromatic carbocycles. The van der Waals surface area contributed by atoms with Crippen molar-refractivity contribution in [2.24, 2.45) is 0 Å². The largest absolute Gasteiger partial charge is 0.488 e. The number of hydrogen-bond donors (Lipinski definition) is 1. The van der Waals surface area contributed by atoms with Crippen molar-refractivity contribution in [1.82, 2.24) is 0 Å². The molecule has 0 atom stereocenters. The van der Waals surface area contributed by atoms with Crippen LogP contribution in [0.5, 0.6) is 5.75 Å². The van der Waals surface area contributed by atoms with Crippen LogP contribution in [-0.4, -0.2) is 11.7 Å². The Morgan fingerprint density at radius 3 is 2.95 bits per heavy atom. The van der Waals surface area contributed by atoms with Crippen molar-refractivity contribution in [3.8, 4) is 17.6 Å². The number of halogens is 1. The fraction of sp³-hybridized carbons (Fsp3) is 0.200. The molecule has 2 aromatic rings. The average Bonchev–Trinajstić information content (AvgIpc) is 2.86. The monoisotopic (exact) mass is 292 g/mol. The van der Waals surface area contributed by atoms with Crippen LogP contribution in [0.1, 0.15) is 16.0 Å². The number of ether oxygens (including phenoxy) is 1. The third kappa shape index (κ3) is 4.00. The predicted octanol–water partition coefficient (Wildman–Crippen LogP) is 3.63. The summed E-state index contributed by atoms with van der Waals surface area (Å²) < 4.78 is 5.70. The Bertz CT molecular complexity index is 623. The first-order valence-corrected chi connectivity index (χ1v) is 7.01. The lowest BCUT2D eigenvalue weighted by atomic mass is 10.2. The van der Waals surface area contributed by atoms with Gasteiger partial charge in [0.2, 0.25) is 0 Å². The second-order valence-corrected chi connectivity index (χ2v) is 5.36. The molecule has 0 unspecified atom stereocenters. The third-order valence-corrected chi connectivity index (χ3v) is 3.81. The summed E-state index contributed by atoms with van der Waals surface area (Å²) in [7, 11) is 0. The highest BCUT2D eigenvalue weighted by atomic mass is 35.5. The van der Waals surface area contributed by atoms with Gasteiger partial charge in [-0.25, -0.2) is 0 Å². The Balaban J connectivity index is 1.98. The maximum Gasteiger partial charge on any atom is 0.122 e. The van der Waals surface area contributed by atoms with Gasteiger partial charge in [0.25, 0.3) is 0 Å². The van der Waals surface area contributed by atoms with E-state index in [-0.39, 0.29) is 6.61 Å². The summed E-state index contributed by atoms with van der Waals surface area (Å²) >= 11 is 7.55. The van der Waals surface area contributed by atoms with Crippen LogP contribution in [0, 0.1) is 18.8 Å². The molecule has 0 aliphatic rings. The quantitative estimate of drug-likeness (QED) is 0.875. The molecule has 98 valence electrons. The minimum Gasteiger partial charge on any atom is -0.488 e. The number of thiophene rings is 1. The number of hydrogen-bond acceptors (Lipinski definition) is 3. The van der Waals surface area contributed by atoms with Crippen LogP contribution in [0.4, 0.5) is 0 Å². The first kappa shape index (κ1) is 14.0. The first-order valence-electron chi connectivity index (χ1n) is 5.75. The molecule has 0 aliphatic heterocycles. The van der Waals surface area contributed by atoms with Crippen molar-refractivity contribution in [2.45, 2.75) is 13.5 Å². The summed E-state index contributed by atoms with van der Waals surface area (Å²) in [5.41, 5.74) is 1.91. The van der Waals surface area contributed by atoms with Gasteiger partial charge >= 0.3 is 0 Å². The molecule has 1 N–H and O–H groups in total. The van der Waals surface area contributed by atoms with Crippen LogP contribution < -0.4 is 4.74 Å². The molecule has 0 saturated carbocycles. The highest BCUT2D eigenvalue weighted by Gasteiger charge is 2.01. The summed E-state index contributed by atoms with van der Waals surface area (Å²) in [4.78, 5) is 1.09. The van der Waals surface area contributed by atoms with Gasteiger partial charge in [0.1, 0.15) is 19.0 Å². The van der Waals surface area contributed by atoms with Gasteiger partial charge in [-0.1, -0.05) is 23.4 Å². The van der Waals surface area contributed by atoms with E-state index >= 15 is 0 Å². The van der Waals surface area contributed by atoms with Crippen molar-refractivity contribution in [3.63, 3.8) is 0 Å². The zero-order valence-corrected chi connectivity index (χ0v) is 12.0. The molecule has 0 radical (unpaired) electrons. The average molecular weight is 293 g/mol. The van der Waals surface area contributed by atoms with Gasteiger partial charge in [0.05, 0.1) is 0 Å². The molecule has 0 saturated heterocycles. The summed E-state index contributed by atoms with van der Waals surface area (Å²) in [6, 6.07) is 7.58. The molecule has 19 heavy (non-hydrogen) atoms. The molecular formula is C15H13ClO2S. The first-order chi connectivity index (χ1) is 9.19. The van der Waals surface area contributed by atoms with Crippen LogP contribution >= 0.6 is 22.9 Å². The Morgan fingerprint density at radius 1 is 1.37 bits per heavy atom. The van der Waals surface area contributed by atoms with E-state index in [9.17, 15) is 0 Å². The summed E-state index contributed by atoms with van der Waals surface area (Å²) in [6.07, 6.45) is 0. The van der Waals surface area contributed by atoms with Crippen LogP contribution in [-0.2, 0) is 6.61 Å². The van der Waals surface area contributed by atoms with Crippen molar-refractivity contribution < 1.29 is 9.84 Å². The van der Waals surface area contributed by atoms with Crippen molar-refractivity contribution >= 4 is 22.9 Å². The Kier molecular flexibility index (Phi) is 4.86. The predicted molar refractivity (Wildman–Crippen MR) is 78.8 cm³/mol. The van der Waals surface area contributed by atoms with Gasteiger partial charge in [-0.3, -0.25) is 0 Å². The number of aliphatic hydroxyl groups is 1. The van der Waals surface area contributed by atoms with E-state index in [4.69, 9.17) is 21.4 Å². The number of aliphatic hydroxyl groups excluding tert-OH is 1. The van der Waals surface area contributed by atoms with E-state index in [1.54, 1.807) is 11.3 Å². The molecule has 0 bridgehead atoms. The molecule has 0 amide bonds. The van der Waals surface area contributed by atoms with E-state index in [1.165, 1.54) is 0 Å². The second-order valence-electron chi connectivity index (χ2n) is 3.96. The molecule has 1 aromatic heterocycles. The highest BCUT2D eigenvalue weighted by molar-refractivity contribution is 7.10. The minimum atomic E-state index is -0.119. The molecular weight excluding hydrogens is 280 g/mol. The minimum absolute atomic E-state index is 0.119. The number of rotatable bonds is 3. The Labute approximate surface area is 121 Å². The van der Waals surface area contributed by atoms with Crippen LogP contribution in [0.3, 0.4) is 0 Å². The highest BCUT2D eigenvalue weighted by Crippen LogP contribution is 2.23. The molecule has 4 heteroatoms. The van der Waals surface area contributed by atoms with Gasteiger partial charge in [-0.15, -0.1) is 11.3 Å².